The van der Waals surface area contributed by atoms with Gasteiger partial charge in [-0.1, -0.05) is 0 Å². The molecule has 0 N–H and O–H groups in total. The van der Waals surface area contributed by atoms with Crippen LogP contribution < -0.4 is 0 Å². The first-order valence-electron chi connectivity index (χ1n) is 6.80. The van der Waals surface area contributed by atoms with E-state index in [1.54, 1.807) is 0 Å². The summed E-state index contributed by atoms with van der Waals surface area (Å²) >= 11 is 7.79. The van der Waals surface area contributed by atoms with Crippen molar-refractivity contribution in [1.29, 1.82) is 5.26 Å². The van der Waals surface area contributed by atoms with Gasteiger partial charge in [0.1, 0.15) is 5.38 Å². The van der Waals surface area contributed by atoms with Crippen LogP contribution in [0.4, 0.5) is 0 Å². The number of alkyl halides is 1. The smallest absolute Gasteiger partial charge is 0.129 e. The van der Waals surface area contributed by atoms with Crippen LogP contribution in [0.3, 0.4) is 0 Å². The van der Waals surface area contributed by atoms with Crippen molar-refractivity contribution >= 4 is 23.4 Å². The van der Waals surface area contributed by atoms with Gasteiger partial charge < -0.3 is 0 Å². The van der Waals surface area contributed by atoms with Gasteiger partial charge in [-0.3, -0.25) is 0 Å². The maximum atomic E-state index is 8.70. The van der Waals surface area contributed by atoms with E-state index in [0.717, 1.165) is 23.5 Å². The lowest BCUT2D eigenvalue weighted by molar-refractivity contribution is -0.0381. The molecule has 1 unspecified atom stereocenters. The number of thioether (sulfide) groups is 1. The fraction of sp³-hybridized carbons (Fsp3) is 0.929. The molecule has 0 heterocycles. The molecule has 3 heteroatoms. The van der Waals surface area contributed by atoms with Crippen LogP contribution in [0.1, 0.15) is 38.5 Å². The molecule has 0 amide bonds. The summed E-state index contributed by atoms with van der Waals surface area (Å²) in [6, 6.07) is 2.12. The predicted molar refractivity (Wildman–Crippen MR) is 73.2 cm³/mol. The standard InChI is InChI=1S/C14H20ClNS/c15-13(7-16)8-17-9-14-4-10-1-11(5-14)3-12(2-10)6-14/h10-13H,1-6,8-9H2. The lowest BCUT2D eigenvalue weighted by Gasteiger charge is -2.57. The molecule has 4 bridgehead atoms. The Morgan fingerprint density at radius 2 is 1.71 bits per heavy atom. The molecular formula is C14H20ClNS. The number of hydrogen-bond donors (Lipinski definition) is 0. The molecule has 4 aliphatic carbocycles. The van der Waals surface area contributed by atoms with Crippen LogP contribution in [0.25, 0.3) is 0 Å². The lowest BCUT2D eigenvalue weighted by Crippen LogP contribution is -2.47. The molecule has 1 nitrogen and oxygen atoms in total. The highest BCUT2D eigenvalue weighted by Gasteiger charge is 2.50. The average Bonchev–Trinajstić information content (AvgIpc) is 2.26. The fourth-order valence-corrected chi connectivity index (χ4v) is 6.34. The highest BCUT2D eigenvalue weighted by atomic mass is 35.5. The predicted octanol–water partition coefficient (Wildman–Crippen LogP) is 4.07. The van der Waals surface area contributed by atoms with Crippen molar-refractivity contribution < 1.29 is 0 Å². The number of nitrogens with zero attached hydrogens (tertiary/aromatic N) is 1. The van der Waals surface area contributed by atoms with E-state index in [0.29, 0.717) is 5.41 Å². The Bertz CT molecular complexity index is 300. The van der Waals surface area contributed by atoms with Gasteiger partial charge in [0, 0.05) is 5.75 Å². The molecule has 4 saturated carbocycles. The van der Waals surface area contributed by atoms with E-state index in [1.165, 1.54) is 44.3 Å². The molecule has 0 radical (unpaired) electrons. The third kappa shape index (κ3) is 2.47. The summed E-state index contributed by atoms with van der Waals surface area (Å²) in [5.41, 5.74) is 0.630. The van der Waals surface area contributed by atoms with Gasteiger partial charge in [-0.15, -0.1) is 11.6 Å². The van der Waals surface area contributed by atoms with E-state index < -0.39 is 0 Å². The van der Waals surface area contributed by atoms with Crippen molar-refractivity contribution in [2.75, 3.05) is 11.5 Å². The summed E-state index contributed by atoms with van der Waals surface area (Å²) in [5.74, 6) is 5.15. The van der Waals surface area contributed by atoms with Gasteiger partial charge in [0.05, 0.1) is 6.07 Å². The van der Waals surface area contributed by atoms with E-state index in [4.69, 9.17) is 16.9 Å². The van der Waals surface area contributed by atoms with E-state index in [-0.39, 0.29) is 5.38 Å². The lowest BCUT2D eigenvalue weighted by atomic mass is 9.50. The van der Waals surface area contributed by atoms with Crippen molar-refractivity contribution in [3.63, 3.8) is 0 Å². The van der Waals surface area contributed by atoms with Crippen LogP contribution in [0.15, 0.2) is 0 Å². The Morgan fingerprint density at radius 1 is 1.18 bits per heavy atom. The van der Waals surface area contributed by atoms with E-state index in [2.05, 4.69) is 6.07 Å². The Morgan fingerprint density at radius 3 is 2.18 bits per heavy atom. The summed E-state index contributed by atoms with van der Waals surface area (Å²) < 4.78 is 0. The SMILES string of the molecule is N#CC(Cl)CSCC12CC3CC(CC(C3)C1)C2. The second kappa shape index (κ2) is 4.67. The van der Waals surface area contributed by atoms with Gasteiger partial charge in [-0.2, -0.15) is 17.0 Å². The minimum Gasteiger partial charge on any atom is -0.197 e. The first-order chi connectivity index (χ1) is 8.19. The Balaban J connectivity index is 1.57. The molecule has 4 aliphatic rings. The van der Waals surface area contributed by atoms with Crippen LogP contribution in [-0.2, 0) is 0 Å². The van der Waals surface area contributed by atoms with Crippen molar-refractivity contribution in [1.82, 2.24) is 0 Å². The molecule has 0 spiro atoms. The molecule has 4 rings (SSSR count). The molecule has 4 fully saturated rings. The number of rotatable bonds is 4. The zero-order chi connectivity index (χ0) is 11.9. The third-order valence-electron chi connectivity index (χ3n) is 4.98. The highest BCUT2D eigenvalue weighted by Crippen LogP contribution is 2.60. The fourth-order valence-electron chi connectivity index (χ4n) is 4.88. The monoisotopic (exact) mass is 269 g/mol. The van der Waals surface area contributed by atoms with Crippen LogP contribution in [0.5, 0.6) is 0 Å². The largest absolute Gasteiger partial charge is 0.197 e. The summed E-state index contributed by atoms with van der Waals surface area (Å²) in [6.07, 6.45) is 8.93. The number of nitriles is 1. The van der Waals surface area contributed by atoms with Crippen molar-refractivity contribution in [3.8, 4) is 6.07 Å². The van der Waals surface area contributed by atoms with E-state index in [9.17, 15) is 0 Å². The average molecular weight is 270 g/mol. The van der Waals surface area contributed by atoms with Gasteiger partial charge in [0.2, 0.25) is 0 Å². The van der Waals surface area contributed by atoms with E-state index in [1.807, 2.05) is 11.8 Å². The quantitative estimate of drug-likeness (QED) is 0.719. The Labute approximate surface area is 113 Å². The summed E-state index contributed by atoms with van der Waals surface area (Å²) in [4.78, 5) is 0. The molecule has 0 saturated heterocycles. The van der Waals surface area contributed by atoms with Crippen LogP contribution >= 0.6 is 23.4 Å². The van der Waals surface area contributed by atoms with Crippen molar-refractivity contribution in [3.05, 3.63) is 0 Å². The molecule has 0 aromatic rings. The van der Waals surface area contributed by atoms with Crippen molar-refractivity contribution in [2.24, 2.45) is 23.2 Å². The van der Waals surface area contributed by atoms with Gasteiger partial charge in [-0.05, 0) is 67.4 Å². The second-order valence-corrected chi connectivity index (χ2v) is 8.09. The maximum Gasteiger partial charge on any atom is 0.129 e. The third-order valence-corrected chi connectivity index (χ3v) is 6.80. The molecule has 0 aromatic heterocycles. The molecule has 17 heavy (non-hydrogen) atoms. The zero-order valence-electron chi connectivity index (χ0n) is 10.2. The minimum absolute atomic E-state index is 0.297. The number of hydrogen-bond acceptors (Lipinski definition) is 2. The van der Waals surface area contributed by atoms with Crippen LogP contribution in [-0.4, -0.2) is 16.9 Å². The molecule has 94 valence electrons. The van der Waals surface area contributed by atoms with Crippen molar-refractivity contribution in [2.45, 2.75) is 43.9 Å². The molecular weight excluding hydrogens is 250 g/mol. The first-order valence-corrected chi connectivity index (χ1v) is 8.40. The van der Waals surface area contributed by atoms with Gasteiger partial charge in [0.25, 0.3) is 0 Å². The second-order valence-electron chi connectivity index (χ2n) is 6.53. The normalized spacial score (nSPS) is 44.6. The van der Waals surface area contributed by atoms with E-state index >= 15 is 0 Å². The Hall–Kier alpha value is 0.130. The minimum atomic E-state index is -0.297. The molecule has 0 aliphatic heterocycles. The zero-order valence-corrected chi connectivity index (χ0v) is 11.8. The van der Waals surface area contributed by atoms with Gasteiger partial charge >= 0.3 is 0 Å². The van der Waals surface area contributed by atoms with Crippen LogP contribution in [0.2, 0.25) is 0 Å². The van der Waals surface area contributed by atoms with Gasteiger partial charge in [-0.25, -0.2) is 0 Å². The summed E-state index contributed by atoms with van der Waals surface area (Å²) in [7, 11) is 0. The van der Waals surface area contributed by atoms with Gasteiger partial charge in [0.15, 0.2) is 0 Å². The van der Waals surface area contributed by atoms with Crippen LogP contribution in [0, 0.1) is 34.5 Å². The number of halogens is 1. The molecule has 0 aromatic carbocycles. The Kier molecular flexibility index (Phi) is 3.34. The first kappa shape index (κ1) is 12.2. The summed E-state index contributed by atoms with van der Waals surface area (Å²) in [5, 5.41) is 8.40. The maximum absolute atomic E-state index is 8.70. The molecule has 1 atom stereocenters. The topological polar surface area (TPSA) is 23.8 Å². The summed E-state index contributed by atoms with van der Waals surface area (Å²) in [6.45, 7) is 0. The highest BCUT2D eigenvalue weighted by molar-refractivity contribution is 7.99.